The Balaban J connectivity index is 2.14. The zero-order chi connectivity index (χ0) is 13.2. The van der Waals surface area contributed by atoms with Crippen LogP contribution in [0.3, 0.4) is 0 Å². The lowest BCUT2D eigenvalue weighted by Gasteiger charge is -2.17. The lowest BCUT2D eigenvalue weighted by atomic mass is 10.1. The summed E-state index contributed by atoms with van der Waals surface area (Å²) >= 11 is 0. The third kappa shape index (κ3) is 2.68. The predicted octanol–water partition coefficient (Wildman–Crippen LogP) is 1.82. The Morgan fingerprint density at radius 2 is 1.94 bits per heavy atom. The van der Waals surface area contributed by atoms with Crippen molar-refractivity contribution in [3.05, 3.63) is 41.5 Å². The van der Waals surface area contributed by atoms with E-state index < -0.39 is 0 Å². The van der Waals surface area contributed by atoms with Crippen LogP contribution in [0.4, 0.5) is 0 Å². The second-order valence-electron chi connectivity index (χ2n) is 4.73. The van der Waals surface area contributed by atoms with Crippen LogP contribution in [0.5, 0.6) is 5.75 Å². The first-order valence-corrected chi connectivity index (χ1v) is 5.81. The van der Waals surface area contributed by atoms with Crippen molar-refractivity contribution in [3.8, 4) is 5.75 Å². The Morgan fingerprint density at radius 1 is 1.28 bits per heavy atom. The normalized spacial score (nSPS) is 11.7. The van der Waals surface area contributed by atoms with Crippen LogP contribution < -0.4 is 5.32 Å². The molecule has 0 bridgehead atoms. The third-order valence-corrected chi connectivity index (χ3v) is 2.93. The van der Waals surface area contributed by atoms with Gasteiger partial charge >= 0.3 is 0 Å². The van der Waals surface area contributed by atoms with Gasteiger partial charge in [-0.2, -0.15) is 4.98 Å². The summed E-state index contributed by atoms with van der Waals surface area (Å²) in [7, 11) is 1.85. The molecule has 0 radical (unpaired) electrons. The molecule has 2 aromatic rings. The molecule has 1 heterocycles. The standard InChI is InChI=1S/C13H17N3O2/c1-13(2,14-3)12-15-11(16-18-12)8-9-4-6-10(17)7-5-9/h4-7,14,17H,8H2,1-3H3. The monoisotopic (exact) mass is 247 g/mol. The van der Waals surface area contributed by atoms with Crippen LogP contribution in [0.1, 0.15) is 31.1 Å². The van der Waals surface area contributed by atoms with Crippen LogP contribution in [-0.4, -0.2) is 22.3 Å². The van der Waals surface area contributed by atoms with Gasteiger partial charge in [0.05, 0.1) is 5.54 Å². The van der Waals surface area contributed by atoms with Crippen molar-refractivity contribution < 1.29 is 9.63 Å². The van der Waals surface area contributed by atoms with Gasteiger partial charge in [-0.1, -0.05) is 17.3 Å². The Morgan fingerprint density at radius 3 is 2.56 bits per heavy atom. The van der Waals surface area contributed by atoms with E-state index in [1.54, 1.807) is 12.1 Å². The minimum absolute atomic E-state index is 0.254. The summed E-state index contributed by atoms with van der Waals surface area (Å²) in [6, 6.07) is 6.98. The Labute approximate surface area is 106 Å². The number of phenolic OH excluding ortho intramolecular Hbond substituents is 1. The fourth-order valence-electron chi connectivity index (χ4n) is 1.48. The number of aromatic nitrogens is 2. The summed E-state index contributed by atoms with van der Waals surface area (Å²) in [5.41, 5.74) is 0.697. The maximum Gasteiger partial charge on any atom is 0.246 e. The molecule has 1 aromatic carbocycles. The van der Waals surface area contributed by atoms with Crippen molar-refractivity contribution in [1.82, 2.24) is 15.5 Å². The topological polar surface area (TPSA) is 71.2 Å². The van der Waals surface area contributed by atoms with Crippen LogP contribution in [-0.2, 0) is 12.0 Å². The van der Waals surface area contributed by atoms with Gasteiger partial charge in [0.15, 0.2) is 5.82 Å². The molecule has 0 saturated carbocycles. The van der Waals surface area contributed by atoms with E-state index >= 15 is 0 Å². The molecular weight excluding hydrogens is 230 g/mol. The molecule has 0 aliphatic rings. The number of aromatic hydroxyl groups is 1. The van der Waals surface area contributed by atoms with E-state index in [9.17, 15) is 5.11 Å². The van der Waals surface area contributed by atoms with E-state index in [1.807, 2.05) is 33.0 Å². The van der Waals surface area contributed by atoms with Gasteiger partial charge in [0, 0.05) is 6.42 Å². The van der Waals surface area contributed by atoms with E-state index in [1.165, 1.54) is 0 Å². The van der Waals surface area contributed by atoms with Gasteiger partial charge < -0.3 is 14.9 Å². The maximum absolute atomic E-state index is 9.21. The Kier molecular flexibility index (Phi) is 3.34. The number of nitrogens with one attached hydrogen (secondary N) is 1. The van der Waals surface area contributed by atoms with Crippen molar-refractivity contribution in [2.45, 2.75) is 25.8 Å². The summed E-state index contributed by atoms with van der Waals surface area (Å²) in [6.45, 7) is 3.95. The first-order valence-electron chi connectivity index (χ1n) is 5.81. The summed E-state index contributed by atoms with van der Waals surface area (Å²) in [6.07, 6.45) is 0.587. The molecule has 5 heteroatoms. The van der Waals surface area contributed by atoms with Crippen molar-refractivity contribution in [1.29, 1.82) is 0 Å². The highest BCUT2D eigenvalue weighted by Gasteiger charge is 2.25. The molecule has 1 aromatic heterocycles. The average molecular weight is 247 g/mol. The lowest BCUT2D eigenvalue weighted by molar-refractivity contribution is 0.279. The maximum atomic E-state index is 9.21. The molecule has 0 amide bonds. The van der Waals surface area contributed by atoms with E-state index in [0.717, 1.165) is 5.56 Å². The molecule has 18 heavy (non-hydrogen) atoms. The molecule has 96 valence electrons. The molecule has 0 unspecified atom stereocenters. The predicted molar refractivity (Wildman–Crippen MR) is 67.3 cm³/mol. The van der Waals surface area contributed by atoms with Crippen molar-refractivity contribution in [2.24, 2.45) is 0 Å². The van der Waals surface area contributed by atoms with Crippen LogP contribution in [0.15, 0.2) is 28.8 Å². The van der Waals surface area contributed by atoms with E-state index in [2.05, 4.69) is 15.5 Å². The summed E-state index contributed by atoms with van der Waals surface area (Å²) in [4.78, 5) is 4.37. The number of hydrogen-bond donors (Lipinski definition) is 2. The molecule has 0 fully saturated rings. The highest BCUT2D eigenvalue weighted by molar-refractivity contribution is 5.27. The van der Waals surface area contributed by atoms with Gasteiger partial charge in [-0.25, -0.2) is 0 Å². The molecular formula is C13H17N3O2. The summed E-state index contributed by atoms with van der Waals surface area (Å²) < 4.78 is 5.24. The Hall–Kier alpha value is -1.88. The fourth-order valence-corrected chi connectivity index (χ4v) is 1.48. The SMILES string of the molecule is CNC(C)(C)c1nc(Cc2ccc(O)cc2)no1. The number of rotatable bonds is 4. The zero-order valence-electron chi connectivity index (χ0n) is 10.8. The average Bonchev–Trinajstić information content (AvgIpc) is 2.81. The lowest BCUT2D eigenvalue weighted by Crippen LogP contribution is -2.33. The van der Waals surface area contributed by atoms with Crippen molar-refractivity contribution in [3.63, 3.8) is 0 Å². The quantitative estimate of drug-likeness (QED) is 0.862. The number of nitrogens with zero attached hydrogens (tertiary/aromatic N) is 2. The van der Waals surface area contributed by atoms with Gasteiger partial charge in [0.25, 0.3) is 0 Å². The van der Waals surface area contributed by atoms with Crippen LogP contribution in [0, 0.1) is 0 Å². The number of benzene rings is 1. The molecule has 0 aliphatic heterocycles. The first kappa shape index (κ1) is 12.6. The van der Waals surface area contributed by atoms with Gasteiger partial charge in [0.1, 0.15) is 5.75 Å². The Bertz CT molecular complexity index is 517. The second-order valence-corrected chi connectivity index (χ2v) is 4.73. The highest BCUT2D eigenvalue weighted by Crippen LogP contribution is 2.18. The molecule has 0 spiro atoms. The second kappa shape index (κ2) is 4.78. The van der Waals surface area contributed by atoms with Crippen LogP contribution in [0.2, 0.25) is 0 Å². The molecule has 0 atom stereocenters. The third-order valence-electron chi connectivity index (χ3n) is 2.93. The van der Waals surface area contributed by atoms with Gasteiger partial charge in [-0.15, -0.1) is 0 Å². The van der Waals surface area contributed by atoms with Crippen LogP contribution >= 0.6 is 0 Å². The first-order chi connectivity index (χ1) is 8.51. The zero-order valence-corrected chi connectivity index (χ0v) is 10.8. The minimum atomic E-state index is -0.333. The van der Waals surface area contributed by atoms with Crippen LogP contribution in [0.25, 0.3) is 0 Å². The fraction of sp³-hybridized carbons (Fsp3) is 0.385. The largest absolute Gasteiger partial charge is 0.508 e. The number of hydrogen-bond acceptors (Lipinski definition) is 5. The van der Waals surface area contributed by atoms with Crippen molar-refractivity contribution >= 4 is 0 Å². The summed E-state index contributed by atoms with van der Waals surface area (Å²) in [5.74, 6) is 1.46. The van der Waals surface area contributed by atoms with Gasteiger partial charge in [-0.05, 0) is 38.6 Å². The van der Waals surface area contributed by atoms with Gasteiger partial charge in [0.2, 0.25) is 5.89 Å². The van der Waals surface area contributed by atoms with E-state index in [-0.39, 0.29) is 11.3 Å². The molecule has 0 saturated heterocycles. The molecule has 0 aliphatic carbocycles. The summed E-state index contributed by atoms with van der Waals surface area (Å²) in [5, 5.41) is 16.3. The highest BCUT2D eigenvalue weighted by atomic mass is 16.5. The number of phenols is 1. The van der Waals surface area contributed by atoms with E-state index in [0.29, 0.717) is 18.1 Å². The smallest absolute Gasteiger partial charge is 0.246 e. The molecule has 2 rings (SSSR count). The van der Waals surface area contributed by atoms with Crippen molar-refractivity contribution in [2.75, 3.05) is 7.05 Å². The molecule has 2 N–H and O–H groups in total. The van der Waals surface area contributed by atoms with Gasteiger partial charge in [-0.3, -0.25) is 0 Å². The van der Waals surface area contributed by atoms with E-state index in [4.69, 9.17) is 4.52 Å². The minimum Gasteiger partial charge on any atom is -0.508 e. The molecule has 5 nitrogen and oxygen atoms in total.